The molecule has 0 atom stereocenters. The van der Waals surface area contributed by atoms with Crippen LogP contribution in [0.15, 0.2) is 0 Å². The van der Waals surface area contributed by atoms with E-state index in [1.165, 1.54) is 0 Å². The standard InChI is InChI=1S/C13H26O4/c1-4-5-9-16-10-7-6-8-11-17-13(2,3)12(14)15/h4-11H2,1-3H3,(H,14,15). The summed E-state index contributed by atoms with van der Waals surface area (Å²) in [6.07, 6.45) is 5.20. The van der Waals surface area contributed by atoms with Gasteiger partial charge in [-0.25, -0.2) is 4.79 Å². The van der Waals surface area contributed by atoms with Crippen molar-refractivity contribution in [3.63, 3.8) is 0 Å². The summed E-state index contributed by atoms with van der Waals surface area (Å²) in [5.74, 6) is -0.916. The van der Waals surface area contributed by atoms with Gasteiger partial charge in [0.05, 0.1) is 0 Å². The lowest BCUT2D eigenvalue weighted by Gasteiger charge is -2.19. The first-order valence-electron chi connectivity index (χ1n) is 6.45. The first kappa shape index (κ1) is 16.4. The molecule has 0 unspecified atom stereocenters. The Hall–Kier alpha value is -0.610. The minimum atomic E-state index is -1.07. The molecule has 0 aromatic heterocycles. The van der Waals surface area contributed by atoms with Crippen molar-refractivity contribution in [3.05, 3.63) is 0 Å². The van der Waals surface area contributed by atoms with Crippen LogP contribution in [0.2, 0.25) is 0 Å². The second kappa shape index (κ2) is 9.42. The van der Waals surface area contributed by atoms with E-state index in [0.717, 1.165) is 45.3 Å². The predicted octanol–water partition coefficient (Wildman–Crippen LogP) is 2.85. The topological polar surface area (TPSA) is 55.8 Å². The maximum Gasteiger partial charge on any atom is 0.335 e. The van der Waals surface area contributed by atoms with E-state index in [9.17, 15) is 4.79 Å². The van der Waals surface area contributed by atoms with Crippen molar-refractivity contribution in [3.8, 4) is 0 Å². The van der Waals surface area contributed by atoms with E-state index in [4.69, 9.17) is 14.6 Å². The van der Waals surface area contributed by atoms with Crippen molar-refractivity contribution >= 4 is 5.97 Å². The van der Waals surface area contributed by atoms with Crippen LogP contribution in [0.4, 0.5) is 0 Å². The zero-order chi connectivity index (χ0) is 13.1. The molecule has 1 N–H and O–H groups in total. The highest BCUT2D eigenvalue weighted by atomic mass is 16.5. The second-order valence-electron chi connectivity index (χ2n) is 4.69. The van der Waals surface area contributed by atoms with Crippen LogP contribution in [0.3, 0.4) is 0 Å². The number of hydrogen-bond donors (Lipinski definition) is 1. The molecule has 0 aromatic rings. The zero-order valence-corrected chi connectivity index (χ0v) is 11.3. The molecule has 0 aliphatic rings. The van der Waals surface area contributed by atoms with E-state index >= 15 is 0 Å². The van der Waals surface area contributed by atoms with Crippen LogP contribution >= 0.6 is 0 Å². The van der Waals surface area contributed by atoms with Gasteiger partial charge in [0, 0.05) is 19.8 Å². The Morgan fingerprint density at radius 1 is 1.06 bits per heavy atom. The molecule has 0 rings (SSSR count). The molecule has 0 aliphatic carbocycles. The third-order valence-electron chi connectivity index (χ3n) is 2.55. The molecule has 0 amide bonds. The summed E-state index contributed by atoms with van der Waals surface area (Å²) in [4.78, 5) is 10.7. The molecule has 0 aromatic carbocycles. The van der Waals surface area contributed by atoms with E-state index in [-0.39, 0.29) is 0 Å². The highest BCUT2D eigenvalue weighted by Gasteiger charge is 2.27. The van der Waals surface area contributed by atoms with Crippen LogP contribution < -0.4 is 0 Å². The Balaban J connectivity index is 3.27. The Labute approximate surface area is 104 Å². The third-order valence-corrected chi connectivity index (χ3v) is 2.55. The summed E-state index contributed by atoms with van der Waals surface area (Å²) >= 11 is 0. The summed E-state index contributed by atoms with van der Waals surface area (Å²) in [7, 11) is 0. The molecule has 0 radical (unpaired) electrons. The average molecular weight is 246 g/mol. The van der Waals surface area contributed by atoms with E-state index < -0.39 is 11.6 Å². The molecule has 0 heterocycles. The number of rotatable bonds is 11. The first-order valence-corrected chi connectivity index (χ1v) is 6.45. The molecule has 102 valence electrons. The molecular weight excluding hydrogens is 220 g/mol. The Morgan fingerprint density at radius 2 is 1.65 bits per heavy atom. The van der Waals surface area contributed by atoms with E-state index in [2.05, 4.69) is 6.92 Å². The van der Waals surface area contributed by atoms with Crippen molar-refractivity contribution in [2.45, 2.75) is 58.5 Å². The fraction of sp³-hybridized carbons (Fsp3) is 0.923. The highest BCUT2D eigenvalue weighted by Crippen LogP contribution is 2.10. The average Bonchev–Trinajstić information content (AvgIpc) is 2.26. The lowest BCUT2D eigenvalue weighted by atomic mass is 10.1. The molecule has 0 saturated heterocycles. The van der Waals surface area contributed by atoms with Gasteiger partial charge in [0.15, 0.2) is 5.60 Å². The maximum atomic E-state index is 10.7. The summed E-state index contributed by atoms with van der Waals surface area (Å²) < 4.78 is 10.7. The molecule has 4 heteroatoms. The third kappa shape index (κ3) is 9.12. The SMILES string of the molecule is CCCCOCCCCCOC(C)(C)C(=O)O. The van der Waals surface area contributed by atoms with Gasteiger partial charge in [-0.2, -0.15) is 0 Å². The molecular formula is C13H26O4. The summed E-state index contributed by atoms with van der Waals surface area (Å²) in [6.45, 7) is 7.42. The molecule has 0 spiro atoms. The minimum Gasteiger partial charge on any atom is -0.479 e. The summed E-state index contributed by atoms with van der Waals surface area (Å²) in [5, 5.41) is 8.82. The Morgan fingerprint density at radius 3 is 2.24 bits per heavy atom. The molecule has 0 bridgehead atoms. The number of carbonyl (C=O) groups is 1. The van der Waals surface area contributed by atoms with E-state index in [1.54, 1.807) is 13.8 Å². The predicted molar refractivity (Wildman–Crippen MR) is 67.2 cm³/mol. The summed E-state index contributed by atoms with van der Waals surface area (Å²) in [5.41, 5.74) is -1.07. The van der Waals surface area contributed by atoms with Crippen molar-refractivity contribution in [1.29, 1.82) is 0 Å². The quantitative estimate of drug-likeness (QED) is 0.569. The molecule has 4 nitrogen and oxygen atoms in total. The normalized spacial score (nSPS) is 11.7. The smallest absolute Gasteiger partial charge is 0.335 e. The van der Waals surface area contributed by atoms with Gasteiger partial charge in [-0.05, 0) is 39.5 Å². The fourth-order valence-electron chi connectivity index (χ4n) is 1.22. The highest BCUT2D eigenvalue weighted by molar-refractivity contribution is 5.76. The van der Waals surface area contributed by atoms with Crippen molar-refractivity contribution in [1.82, 2.24) is 0 Å². The number of aliphatic carboxylic acids is 1. The fourth-order valence-corrected chi connectivity index (χ4v) is 1.22. The first-order chi connectivity index (χ1) is 8.00. The van der Waals surface area contributed by atoms with Crippen LogP contribution in [0.25, 0.3) is 0 Å². The van der Waals surface area contributed by atoms with E-state index in [0.29, 0.717) is 6.61 Å². The van der Waals surface area contributed by atoms with Gasteiger partial charge in [0.1, 0.15) is 0 Å². The molecule has 0 saturated carbocycles. The maximum absolute atomic E-state index is 10.7. The molecule has 0 aliphatic heterocycles. The lowest BCUT2D eigenvalue weighted by Crippen LogP contribution is -2.35. The van der Waals surface area contributed by atoms with Crippen LogP contribution in [0.5, 0.6) is 0 Å². The van der Waals surface area contributed by atoms with Crippen LogP contribution in [-0.2, 0) is 14.3 Å². The summed E-state index contributed by atoms with van der Waals surface area (Å²) in [6, 6.07) is 0. The van der Waals surface area contributed by atoms with Gasteiger partial charge in [0.25, 0.3) is 0 Å². The van der Waals surface area contributed by atoms with Gasteiger partial charge < -0.3 is 14.6 Å². The van der Waals surface area contributed by atoms with Crippen molar-refractivity contribution in [2.24, 2.45) is 0 Å². The van der Waals surface area contributed by atoms with Gasteiger partial charge in [-0.3, -0.25) is 0 Å². The number of carboxylic acid groups (broad SMARTS) is 1. The number of hydrogen-bond acceptors (Lipinski definition) is 3. The van der Waals surface area contributed by atoms with E-state index in [1.807, 2.05) is 0 Å². The largest absolute Gasteiger partial charge is 0.479 e. The lowest BCUT2D eigenvalue weighted by molar-refractivity contribution is -0.161. The Bertz CT molecular complexity index is 202. The van der Waals surface area contributed by atoms with Gasteiger partial charge in [0.2, 0.25) is 0 Å². The van der Waals surface area contributed by atoms with Gasteiger partial charge in [-0.1, -0.05) is 13.3 Å². The van der Waals surface area contributed by atoms with Crippen LogP contribution in [0.1, 0.15) is 52.9 Å². The molecule has 17 heavy (non-hydrogen) atoms. The van der Waals surface area contributed by atoms with Crippen LogP contribution in [-0.4, -0.2) is 36.5 Å². The second-order valence-corrected chi connectivity index (χ2v) is 4.69. The van der Waals surface area contributed by atoms with Crippen molar-refractivity contribution < 1.29 is 19.4 Å². The van der Waals surface area contributed by atoms with Crippen molar-refractivity contribution in [2.75, 3.05) is 19.8 Å². The van der Waals surface area contributed by atoms with Gasteiger partial charge >= 0.3 is 5.97 Å². The monoisotopic (exact) mass is 246 g/mol. The zero-order valence-electron chi connectivity index (χ0n) is 11.3. The van der Waals surface area contributed by atoms with Crippen LogP contribution in [0, 0.1) is 0 Å². The Kier molecular flexibility index (Phi) is 9.09. The number of carboxylic acids is 1. The minimum absolute atomic E-state index is 0.494. The number of unbranched alkanes of at least 4 members (excludes halogenated alkanes) is 3. The number of ether oxygens (including phenoxy) is 2. The van der Waals surface area contributed by atoms with Gasteiger partial charge in [-0.15, -0.1) is 0 Å². The molecule has 0 fully saturated rings.